The first kappa shape index (κ1) is 13.1. The van der Waals surface area contributed by atoms with Gasteiger partial charge in [0.05, 0.1) is 12.1 Å². The van der Waals surface area contributed by atoms with E-state index >= 15 is 0 Å². The van der Waals surface area contributed by atoms with Crippen molar-refractivity contribution in [3.05, 3.63) is 22.2 Å². The van der Waals surface area contributed by atoms with Gasteiger partial charge in [-0.05, 0) is 37.4 Å². The fraction of sp³-hybridized carbons (Fsp3) is 0.500. The lowest BCUT2D eigenvalue weighted by atomic mass is 9.92. The van der Waals surface area contributed by atoms with Gasteiger partial charge in [-0.3, -0.25) is 0 Å². The summed E-state index contributed by atoms with van der Waals surface area (Å²) < 4.78 is 5.09. The summed E-state index contributed by atoms with van der Waals surface area (Å²) in [7, 11) is 1.49. The average molecular weight is 244 g/mol. The first-order valence-electron chi connectivity index (χ1n) is 5.28. The second kappa shape index (κ2) is 5.41. The Morgan fingerprint density at radius 3 is 2.69 bits per heavy atom. The van der Waals surface area contributed by atoms with Crippen molar-refractivity contribution < 1.29 is 9.84 Å². The lowest BCUT2D eigenvalue weighted by molar-refractivity contribution is 0.368. The van der Waals surface area contributed by atoms with E-state index in [1.807, 2.05) is 19.9 Å². The molecule has 16 heavy (non-hydrogen) atoms. The molecule has 0 aromatic heterocycles. The normalized spacial score (nSPS) is 12.6. The minimum Gasteiger partial charge on any atom is -0.504 e. The molecule has 90 valence electrons. The van der Waals surface area contributed by atoms with Crippen molar-refractivity contribution in [2.24, 2.45) is 5.73 Å². The van der Waals surface area contributed by atoms with Gasteiger partial charge >= 0.3 is 0 Å². The molecule has 0 fully saturated rings. The molecule has 0 aliphatic rings. The second-order valence-electron chi connectivity index (χ2n) is 3.95. The molecular weight excluding hydrogens is 226 g/mol. The van der Waals surface area contributed by atoms with E-state index in [1.165, 1.54) is 7.11 Å². The Labute approximate surface area is 101 Å². The molecule has 0 heterocycles. The van der Waals surface area contributed by atoms with Crippen molar-refractivity contribution in [1.82, 2.24) is 0 Å². The molecule has 0 radical (unpaired) electrons. The van der Waals surface area contributed by atoms with E-state index in [0.717, 1.165) is 17.5 Å². The van der Waals surface area contributed by atoms with Gasteiger partial charge in [-0.15, -0.1) is 0 Å². The van der Waals surface area contributed by atoms with E-state index in [9.17, 15) is 5.11 Å². The van der Waals surface area contributed by atoms with Crippen LogP contribution in [-0.2, 0) is 0 Å². The van der Waals surface area contributed by atoms with Gasteiger partial charge in [-0.25, -0.2) is 0 Å². The van der Waals surface area contributed by atoms with Crippen LogP contribution in [0.3, 0.4) is 0 Å². The predicted octanol–water partition coefficient (Wildman–Crippen LogP) is 2.81. The number of rotatable bonds is 4. The average Bonchev–Trinajstić information content (AvgIpc) is 2.17. The van der Waals surface area contributed by atoms with Gasteiger partial charge < -0.3 is 15.6 Å². The van der Waals surface area contributed by atoms with Crippen LogP contribution in [0.4, 0.5) is 0 Å². The summed E-state index contributed by atoms with van der Waals surface area (Å²) >= 11 is 5.98. The largest absolute Gasteiger partial charge is 0.504 e. The topological polar surface area (TPSA) is 55.5 Å². The number of aromatic hydroxyl groups is 1. The highest BCUT2D eigenvalue weighted by atomic mass is 35.5. The van der Waals surface area contributed by atoms with E-state index in [0.29, 0.717) is 17.3 Å². The molecule has 0 amide bonds. The van der Waals surface area contributed by atoms with E-state index < -0.39 is 0 Å². The highest BCUT2D eigenvalue weighted by Crippen LogP contribution is 2.42. The molecule has 0 spiro atoms. The van der Waals surface area contributed by atoms with Crippen LogP contribution >= 0.6 is 11.6 Å². The summed E-state index contributed by atoms with van der Waals surface area (Å²) in [5, 5.41) is 10.5. The third-order valence-electron chi connectivity index (χ3n) is 2.75. The van der Waals surface area contributed by atoms with E-state index in [4.69, 9.17) is 22.1 Å². The van der Waals surface area contributed by atoms with Crippen molar-refractivity contribution in [2.45, 2.75) is 26.2 Å². The predicted molar refractivity (Wildman–Crippen MR) is 66.5 cm³/mol. The van der Waals surface area contributed by atoms with Crippen LogP contribution in [-0.4, -0.2) is 18.8 Å². The number of phenols is 1. The number of nitrogens with two attached hydrogens (primary N) is 1. The monoisotopic (exact) mass is 243 g/mol. The highest BCUT2D eigenvalue weighted by Gasteiger charge is 2.19. The zero-order valence-electron chi connectivity index (χ0n) is 9.88. The zero-order valence-corrected chi connectivity index (χ0v) is 10.6. The molecular formula is C12H18ClNO2. The Bertz CT molecular complexity index is 380. The van der Waals surface area contributed by atoms with Gasteiger partial charge in [0.15, 0.2) is 11.5 Å². The quantitative estimate of drug-likeness (QED) is 0.855. The van der Waals surface area contributed by atoms with Crippen LogP contribution < -0.4 is 10.5 Å². The number of halogens is 1. The molecule has 0 bridgehead atoms. The summed E-state index contributed by atoms with van der Waals surface area (Å²) in [6, 6.07) is 1.81. The lowest BCUT2D eigenvalue weighted by Crippen LogP contribution is -2.06. The first-order chi connectivity index (χ1) is 7.52. The zero-order chi connectivity index (χ0) is 12.3. The van der Waals surface area contributed by atoms with Crippen LogP contribution in [0.2, 0.25) is 5.02 Å². The van der Waals surface area contributed by atoms with Gasteiger partial charge in [0.1, 0.15) is 0 Å². The fourth-order valence-electron chi connectivity index (χ4n) is 1.97. The molecule has 1 rings (SSSR count). The first-order valence-corrected chi connectivity index (χ1v) is 5.66. The van der Waals surface area contributed by atoms with Crippen molar-refractivity contribution in [3.63, 3.8) is 0 Å². The summed E-state index contributed by atoms with van der Waals surface area (Å²) in [6.45, 7) is 4.54. The van der Waals surface area contributed by atoms with Crippen molar-refractivity contribution in [2.75, 3.05) is 13.7 Å². The van der Waals surface area contributed by atoms with E-state index in [1.54, 1.807) is 0 Å². The molecule has 3 N–H and O–H groups in total. The summed E-state index contributed by atoms with van der Waals surface area (Å²) in [5.74, 6) is 0.663. The summed E-state index contributed by atoms with van der Waals surface area (Å²) in [5.41, 5.74) is 7.36. The Morgan fingerprint density at radius 2 is 2.19 bits per heavy atom. The fourth-order valence-corrected chi connectivity index (χ4v) is 2.30. The molecule has 1 aromatic carbocycles. The highest BCUT2D eigenvalue weighted by molar-refractivity contribution is 6.32. The number of hydrogen-bond donors (Lipinski definition) is 2. The van der Waals surface area contributed by atoms with E-state index in [2.05, 4.69) is 0 Å². The number of benzene rings is 1. The third-order valence-corrected chi connectivity index (χ3v) is 3.03. The number of aryl methyl sites for hydroxylation is 1. The molecule has 4 heteroatoms. The van der Waals surface area contributed by atoms with Crippen molar-refractivity contribution >= 4 is 11.6 Å². The van der Waals surface area contributed by atoms with Gasteiger partial charge in [-0.2, -0.15) is 0 Å². The van der Waals surface area contributed by atoms with Gasteiger partial charge in [0, 0.05) is 5.56 Å². The maximum absolute atomic E-state index is 10.1. The Balaban J connectivity index is 3.27. The van der Waals surface area contributed by atoms with Crippen LogP contribution in [0.1, 0.15) is 30.4 Å². The van der Waals surface area contributed by atoms with Gasteiger partial charge in [0.25, 0.3) is 0 Å². The molecule has 1 unspecified atom stereocenters. The summed E-state index contributed by atoms with van der Waals surface area (Å²) in [4.78, 5) is 0. The minimum atomic E-state index is 0.133. The van der Waals surface area contributed by atoms with Crippen molar-refractivity contribution in [3.8, 4) is 11.5 Å². The minimum absolute atomic E-state index is 0.133. The Hall–Kier alpha value is -0.930. The van der Waals surface area contributed by atoms with Gasteiger partial charge in [0.2, 0.25) is 0 Å². The molecule has 1 aromatic rings. The number of methoxy groups -OCH3 is 1. The number of phenolic OH excluding ortho intramolecular Hbond substituents is 1. The van der Waals surface area contributed by atoms with Crippen LogP contribution in [0.5, 0.6) is 11.5 Å². The maximum atomic E-state index is 10.1. The molecule has 0 saturated carbocycles. The van der Waals surface area contributed by atoms with E-state index in [-0.39, 0.29) is 11.7 Å². The van der Waals surface area contributed by atoms with Crippen molar-refractivity contribution in [1.29, 1.82) is 0 Å². The molecule has 1 atom stereocenters. The van der Waals surface area contributed by atoms with Crippen LogP contribution in [0.15, 0.2) is 6.07 Å². The van der Waals surface area contributed by atoms with Crippen LogP contribution in [0, 0.1) is 6.92 Å². The lowest BCUT2D eigenvalue weighted by Gasteiger charge is -2.18. The van der Waals surface area contributed by atoms with Crippen LogP contribution in [0.25, 0.3) is 0 Å². The molecule has 3 nitrogen and oxygen atoms in total. The molecule has 0 saturated heterocycles. The summed E-state index contributed by atoms with van der Waals surface area (Å²) in [6.07, 6.45) is 0.819. The number of hydrogen-bond acceptors (Lipinski definition) is 3. The maximum Gasteiger partial charge on any atom is 0.179 e. The Kier molecular flexibility index (Phi) is 4.44. The number of ether oxygens (including phenoxy) is 1. The molecule has 0 aliphatic carbocycles. The van der Waals surface area contributed by atoms with Gasteiger partial charge in [-0.1, -0.05) is 18.5 Å². The Morgan fingerprint density at radius 1 is 1.56 bits per heavy atom. The third kappa shape index (κ3) is 2.42. The standard InChI is InChI=1S/C12H18ClNO2/c1-7(4-5-14)10-8(2)6-9(13)12(16-3)11(10)15/h6-7,15H,4-5,14H2,1-3H3. The smallest absolute Gasteiger partial charge is 0.179 e. The molecule has 0 aliphatic heterocycles. The SMILES string of the molecule is COc1c(Cl)cc(C)c(C(C)CCN)c1O. The second-order valence-corrected chi connectivity index (χ2v) is 4.36.